The number of anilines is 1. The summed E-state index contributed by atoms with van der Waals surface area (Å²) in [5.74, 6) is -0.125. The van der Waals surface area contributed by atoms with Crippen molar-refractivity contribution < 1.29 is 9.90 Å². The van der Waals surface area contributed by atoms with Crippen molar-refractivity contribution >= 4 is 33.5 Å². The fourth-order valence-electron chi connectivity index (χ4n) is 4.29. The third kappa shape index (κ3) is 3.31. The van der Waals surface area contributed by atoms with Gasteiger partial charge in [0.2, 0.25) is 0 Å². The van der Waals surface area contributed by atoms with E-state index in [1.807, 2.05) is 32.3 Å². The number of phenolic OH excluding ortho intramolecular Hbond substituents is 1. The Kier molecular flexibility index (Phi) is 4.90. The number of aryl methyl sites for hydroxylation is 2. The Bertz CT molecular complexity index is 1360. The van der Waals surface area contributed by atoms with Crippen LogP contribution in [0.2, 0.25) is 0 Å². The molecule has 9 nitrogen and oxygen atoms in total. The summed E-state index contributed by atoms with van der Waals surface area (Å²) in [6.45, 7) is 5.41. The van der Waals surface area contributed by atoms with Gasteiger partial charge in [0.15, 0.2) is 5.65 Å². The summed E-state index contributed by atoms with van der Waals surface area (Å²) in [6.07, 6.45) is 3.69. The normalized spacial score (nSPS) is 14.3. The lowest BCUT2D eigenvalue weighted by Crippen LogP contribution is -2.43. The smallest absolute Gasteiger partial charge is 0.251 e. The molecule has 0 aliphatic carbocycles. The highest BCUT2D eigenvalue weighted by Gasteiger charge is 2.20. The minimum Gasteiger partial charge on any atom is -0.507 e. The maximum atomic E-state index is 12.8. The predicted molar refractivity (Wildman–Crippen MR) is 124 cm³/mol. The molecular formula is C23H25N7O2. The number of benzene rings is 1. The molecule has 0 spiro atoms. The summed E-state index contributed by atoms with van der Waals surface area (Å²) in [7, 11) is 3.44. The molecule has 32 heavy (non-hydrogen) atoms. The van der Waals surface area contributed by atoms with Gasteiger partial charge in [0.1, 0.15) is 5.75 Å². The van der Waals surface area contributed by atoms with Crippen LogP contribution in [0.3, 0.4) is 0 Å². The van der Waals surface area contributed by atoms with Gasteiger partial charge in [-0.1, -0.05) is 0 Å². The molecule has 4 heterocycles. The van der Waals surface area contributed by atoms with Gasteiger partial charge in [-0.15, -0.1) is 0 Å². The molecule has 1 saturated heterocycles. The standard InChI is InChI=1S/C23H25N7O2/c1-13-20-14(12-29(3)28-20)8-18(21(13)31)19-10-17(23(32)24-2)16-9-15(11-26-22(16)27-19)30-6-4-25-5-7-30/h8-12,25,31H,4-7H2,1-3H3,(H,24,32). The van der Waals surface area contributed by atoms with Crippen LogP contribution in [0, 0.1) is 6.92 Å². The Labute approximate surface area is 185 Å². The zero-order valence-corrected chi connectivity index (χ0v) is 18.3. The molecule has 4 aromatic rings. The number of phenols is 1. The molecule has 164 valence electrons. The molecule has 3 N–H and O–H groups in total. The average molecular weight is 432 g/mol. The molecule has 5 rings (SSSR count). The molecule has 0 unspecified atom stereocenters. The van der Waals surface area contributed by atoms with Crippen LogP contribution in [0.25, 0.3) is 33.2 Å². The molecule has 0 radical (unpaired) electrons. The van der Waals surface area contributed by atoms with Crippen LogP contribution >= 0.6 is 0 Å². The average Bonchev–Trinajstić information content (AvgIpc) is 3.21. The fourth-order valence-corrected chi connectivity index (χ4v) is 4.29. The zero-order chi connectivity index (χ0) is 22.4. The minimum absolute atomic E-state index is 0.100. The number of piperazine rings is 1. The Balaban J connectivity index is 1.70. The third-order valence-corrected chi connectivity index (χ3v) is 6.00. The van der Waals surface area contributed by atoms with Crippen LogP contribution in [0.1, 0.15) is 15.9 Å². The van der Waals surface area contributed by atoms with E-state index in [1.165, 1.54) is 0 Å². The number of amides is 1. The number of nitrogens with one attached hydrogen (secondary N) is 2. The highest BCUT2D eigenvalue weighted by atomic mass is 16.3. The van der Waals surface area contributed by atoms with E-state index < -0.39 is 0 Å². The van der Waals surface area contributed by atoms with Gasteiger partial charge in [0, 0.05) is 68.4 Å². The molecule has 9 heteroatoms. The second-order valence-corrected chi connectivity index (χ2v) is 8.07. The number of hydrogen-bond acceptors (Lipinski definition) is 7. The second kappa shape index (κ2) is 7.76. The van der Waals surface area contributed by atoms with Crippen molar-refractivity contribution in [2.24, 2.45) is 7.05 Å². The van der Waals surface area contributed by atoms with Crippen LogP contribution in [0.5, 0.6) is 5.75 Å². The molecule has 1 amide bonds. The van der Waals surface area contributed by atoms with E-state index in [0.29, 0.717) is 33.4 Å². The van der Waals surface area contributed by atoms with Crippen molar-refractivity contribution in [3.05, 3.63) is 41.7 Å². The van der Waals surface area contributed by atoms with Crippen molar-refractivity contribution in [3.8, 4) is 17.0 Å². The predicted octanol–water partition coefficient (Wildman–Crippen LogP) is 1.97. The number of carbonyl (C=O) groups is 1. The first kappa shape index (κ1) is 20.2. The van der Waals surface area contributed by atoms with Gasteiger partial charge >= 0.3 is 0 Å². The molecule has 1 fully saturated rings. The zero-order valence-electron chi connectivity index (χ0n) is 18.3. The van der Waals surface area contributed by atoms with E-state index in [2.05, 4.69) is 25.6 Å². The SMILES string of the molecule is CNC(=O)c1cc(-c2cc3cn(C)nc3c(C)c2O)nc2ncc(N3CCNCC3)cc12. The van der Waals surface area contributed by atoms with E-state index in [1.54, 1.807) is 24.0 Å². The number of fused-ring (bicyclic) bond motifs is 2. The van der Waals surface area contributed by atoms with E-state index in [-0.39, 0.29) is 11.7 Å². The topological polar surface area (TPSA) is 108 Å². The Morgan fingerprint density at radius 2 is 2.00 bits per heavy atom. The Morgan fingerprint density at radius 3 is 2.75 bits per heavy atom. The van der Waals surface area contributed by atoms with Crippen molar-refractivity contribution in [3.63, 3.8) is 0 Å². The molecule has 1 aliphatic heterocycles. The summed E-state index contributed by atoms with van der Waals surface area (Å²) in [4.78, 5) is 24.3. The summed E-state index contributed by atoms with van der Waals surface area (Å²) in [6, 6.07) is 5.55. The third-order valence-electron chi connectivity index (χ3n) is 6.00. The lowest BCUT2D eigenvalue weighted by molar-refractivity contribution is 0.0964. The molecule has 1 aliphatic rings. The van der Waals surface area contributed by atoms with E-state index in [4.69, 9.17) is 4.98 Å². The van der Waals surface area contributed by atoms with Crippen LogP contribution < -0.4 is 15.5 Å². The number of pyridine rings is 2. The van der Waals surface area contributed by atoms with Gasteiger partial charge in [-0.2, -0.15) is 5.10 Å². The van der Waals surface area contributed by atoms with Crippen LogP contribution in [0.4, 0.5) is 5.69 Å². The van der Waals surface area contributed by atoms with Crippen LogP contribution in [0.15, 0.2) is 30.6 Å². The number of rotatable bonds is 3. The molecule has 0 saturated carbocycles. The van der Waals surface area contributed by atoms with Crippen molar-refractivity contribution in [2.75, 3.05) is 38.1 Å². The van der Waals surface area contributed by atoms with E-state index in [9.17, 15) is 9.90 Å². The van der Waals surface area contributed by atoms with E-state index in [0.717, 1.165) is 42.8 Å². The number of carbonyl (C=O) groups excluding carboxylic acids is 1. The second-order valence-electron chi connectivity index (χ2n) is 8.07. The monoisotopic (exact) mass is 431 g/mol. The first-order chi connectivity index (χ1) is 15.5. The van der Waals surface area contributed by atoms with Gasteiger partial charge in [-0.05, 0) is 25.1 Å². The highest BCUT2D eigenvalue weighted by Crippen LogP contribution is 2.37. The largest absolute Gasteiger partial charge is 0.507 e. The number of hydrogen-bond donors (Lipinski definition) is 3. The highest BCUT2D eigenvalue weighted by molar-refractivity contribution is 6.07. The van der Waals surface area contributed by atoms with Gasteiger partial charge < -0.3 is 20.6 Å². The lowest BCUT2D eigenvalue weighted by Gasteiger charge is -2.29. The van der Waals surface area contributed by atoms with Crippen LogP contribution in [-0.4, -0.2) is 64.0 Å². The lowest BCUT2D eigenvalue weighted by atomic mass is 10.0. The minimum atomic E-state index is -0.225. The molecular weight excluding hydrogens is 406 g/mol. The quantitative estimate of drug-likeness (QED) is 0.455. The summed E-state index contributed by atoms with van der Waals surface area (Å²) >= 11 is 0. The number of aromatic hydroxyl groups is 1. The number of aromatic nitrogens is 4. The maximum absolute atomic E-state index is 12.8. The first-order valence-electron chi connectivity index (χ1n) is 10.6. The van der Waals surface area contributed by atoms with Gasteiger partial charge in [-0.25, -0.2) is 9.97 Å². The molecule has 0 atom stereocenters. The van der Waals surface area contributed by atoms with Gasteiger partial charge in [0.25, 0.3) is 5.91 Å². The van der Waals surface area contributed by atoms with Crippen molar-refractivity contribution in [1.82, 2.24) is 30.4 Å². The summed E-state index contributed by atoms with van der Waals surface area (Å²) < 4.78 is 1.71. The first-order valence-corrected chi connectivity index (χ1v) is 10.6. The van der Waals surface area contributed by atoms with Gasteiger partial charge in [-0.3, -0.25) is 9.48 Å². The van der Waals surface area contributed by atoms with Gasteiger partial charge in [0.05, 0.1) is 28.7 Å². The molecule has 1 aromatic carbocycles. The molecule has 0 bridgehead atoms. The number of nitrogens with zero attached hydrogens (tertiary/aromatic N) is 5. The van der Waals surface area contributed by atoms with Crippen molar-refractivity contribution in [1.29, 1.82) is 0 Å². The van der Waals surface area contributed by atoms with E-state index >= 15 is 0 Å². The Morgan fingerprint density at radius 1 is 1.22 bits per heavy atom. The molecule has 3 aromatic heterocycles. The summed E-state index contributed by atoms with van der Waals surface area (Å²) in [5, 5.41) is 23.0. The maximum Gasteiger partial charge on any atom is 0.251 e. The summed E-state index contributed by atoms with van der Waals surface area (Å²) in [5.41, 5.74) is 4.34. The van der Waals surface area contributed by atoms with Crippen LogP contribution in [-0.2, 0) is 7.05 Å². The fraction of sp³-hybridized carbons (Fsp3) is 0.304. The van der Waals surface area contributed by atoms with Crippen molar-refractivity contribution in [2.45, 2.75) is 6.92 Å². The Hall–Kier alpha value is -3.72.